The highest BCUT2D eigenvalue weighted by atomic mass is 35.5. The fourth-order valence-corrected chi connectivity index (χ4v) is 4.01. The van der Waals surface area contributed by atoms with Crippen molar-refractivity contribution < 1.29 is 23.1 Å². The van der Waals surface area contributed by atoms with Gasteiger partial charge in [0.05, 0.1) is 11.3 Å². The summed E-state index contributed by atoms with van der Waals surface area (Å²) >= 11 is 5.77. The largest absolute Gasteiger partial charge is 0.478 e. The Morgan fingerprint density at radius 3 is 2.54 bits per heavy atom. The first kappa shape index (κ1) is 18.6. The molecule has 1 heterocycles. The van der Waals surface area contributed by atoms with Crippen LogP contribution in [0.2, 0.25) is 5.02 Å². The maximum absolute atomic E-state index is 12.4. The van der Waals surface area contributed by atoms with E-state index in [1.165, 1.54) is 6.08 Å². The predicted octanol–water partition coefficient (Wildman–Crippen LogP) is 1.56. The number of carboxylic acid groups (broad SMARTS) is 1. The Balaban J connectivity index is 1.81. The van der Waals surface area contributed by atoms with Crippen LogP contribution in [0.5, 0.6) is 0 Å². The van der Waals surface area contributed by atoms with Crippen molar-refractivity contribution >= 4 is 33.5 Å². The molecule has 2 aliphatic rings. The molecule has 0 aromatic heterocycles. The van der Waals surface area contributed by atoms with Crippen LogP contribution >= 0.6 is 11.6 Å². The summed E-state index contributed by atoms with van der Waals surface area (Å²) in [5.41, 5.74) is 0.552. The molecule has 1 amide bonds. The van der Waals surface area contributed by atoms with E-state index < -0.39 is 33.7 Å². The van der Waals surface area contributed by atoms with Gasteiger partial charge in [0, 0.05) is 10.7 Å². The highest BCUT2D eigenvalue weighted by Gasteiger charge is 2.35. The van der Waals surface area contributed by atoms with E-state index >= 15 is 0 Å². The zero-order valence-corrected chi connectivity index (χ0v) is 15.2. The molecule has 1 aliphatic carbocycles. The lowest BCUT2D eigenvalue weighted by Gasteiger charge is -2.24. The number of halogens is 1. The number of aliphatic carboxylic acids is 1. The summed E-state index contributed by atoms with van der Waals surface area (Å²) in [6.07, 6.45) is 5.08. The van der Waals surface area contributed by atoms with Gasteiger partial charge < -0.3 is 10.4 Å². The van der Waals surface area contributed by atoms with E-state index in [1.54, 1.807) is 30.3 Å². The van der Waals surface area contributed by atoms with Gasteiger partial charge in [0.1, 0.15) is 6.04 Å². The number of sulfonamides is 1. The molecule has 7 nitrogen and oxygen atoms in total. The summed E-state index contributed by atoms with van der Waals surface area (Å²) in [7, 11) is -3.95. The maximum Gasteiger partial charge on any atom is 0.333 e. The van der Waals surface area contributed by atoms with Crippen LogP contribution in [0, 0.1) is 5.92 Å². The second-order valence-corrected chi connectivity index (χ2v) is 8.48. The van der Waals surface area contributed by atoms with Crippen LogP contribution in [0.3, 0.4) is 0 Å². The van der Waals surface area contributed by atoms with Crippen molar-refractivity contribution in [3.8, 4) is 0 Å². The van der Waals surface area contributed by atoms with E-state index in [9.17, 15) is 23.1 Å². The highest BCUT2D eigenvalue weighted by Crippen LogP contribution is 2.32. The first-order chi connectivity index (χ1) is 12.2. The summed E-state index contributed by atoms with van der Waals surface area (Å²) in [5.74, 6) is -2.13. The molecule has 0 saturated heterocycles. The smallest absolute Gasteiger partial charge is 0.333 e. The molecule has 1 aromatic carbocycles. The molecule has 26 heavy (non-hydrogen) atoms. The Morgan fingerprint density at radius 1 is 1.31 bits per heavy atom. The topological polar surface area (TPSA) is 113 Å². The molecule has 1 saturated carbocycles. The summed E-state index contributed by atoms with van der Waals surface area (Å²) in [6.45, 7) is 0. The quantitative estimate of drug-likeness (QED) is 0.675. The molecule has 1 atom stereocenters. The molecule has 0 bridgehead atoms. The van der Waals surface area contributed by atoms with Gasteiger partial charge in [-0.25, -0.2) is 13.2 Å². The standard InChI is InChI=1S/C17H17ClN2O5S/c18-12-5-3-11(4-6-12)9-26(24,25)20-15-14(17(22)23)8-13(19-16(15)21)7-10-1-2-10/h3-8,10,15,20H,1-2,9H2,(H,19,21)(H,22,23)/b13-7-. The van der Waals surface area contributed by atoms with Gasteiger partial charge in [0.25, 0.3) is 0 Å². The van der Waals surface area contributed by atoms with Gasteiger partial charge in [-0.15, -0.1) is 0 Å². The molecule has 0 spiro atoms. The molecule has 1 fully saturated rings. The molecule has 3 N–H and O–H groups in total. The van der Waals surface area contributed by atoms with Gasteiger partial charge >= 0.3 is 5.97 Å². The number of rotatable bonds is 6. The molecule has 9 heteroatoms. The van der Waals surface area contributed by atoms with Crippen molar-refractivity contribution in [1.82, 2.24) is 10.0 Å². The van der Waals surface area contributed by atoms with Gasteiger partial charge in [-0.1, -0.05) is 29.8 Å². The molecule has 1 aromatic rings. The number of hydrogen-bond donors (Lipinski definition) is 3. The second kappa shape index (κ2) is 7.22. The number of amides is 1. The molecule has 138 valence electrons. The minimum Gasteiger partial charge on any atom is -0.478 e. The zero-order chi connectivity index (χ0) is 18.9. The summed E-state index contributed by atoms with van der Waals surface area (Å²) in [4.78, 5) is 23.8. The fraction of sp³-hybridized carbons (Fsp3) is 0.294. The Morgan fingerprint density at radius 2 is 1.96 bits per heavy atom. The van der Waals surface area contributed by atoms with E-state index in [-0.39, 0.29) is 5.57 Å². The summed E-state index contributed by atoms with van der Waals surface area (Å²) in [6, 6.07) is 4.72. The van der Waals surface area contributed by atoms with Gasteiger partial charge in [-0.3, -0.25) is 4.79 Å². The van der Waals surface area contributed by atoms with E-state index in [0.717, 1.165) is 12.8 Å². The van der Waals surface area contributed by atoms with Crippen molar-refractivity contribution in [3.05, 3.63) is 58.3 Å². The van der Waals surface area contributed by atoms with Crippen molar-refractivity contribution in [1.29, 1.82) is 0 Å². The first-order valence-corrected chi connectivity index (χ1v) is 9.98. The average Bonchev–Trinajstić information content (AvgIpc) is 3.35. The number of benzene rings is 1. The average molecular weight is 397 g/mol. The van der Waals surface area contributed by atoms with Crippen molar-refractivity contribution in [2.75, 3.05) is 0 Å². The minimum atomic E-state index is -3.95. The number of carbonyl (C=O) groups excluding carboxylic acids is 1. The number of hydrogen-bond acceptors (Lipinski definition) is 4. The van der Waals surface area contributed by atoms with Crippen LogP contribution in [0.25, 0.3) is 0 Å². The van der Waals surface area contributed by atoms with Crippen LogP contribution in [-0.2, 0) is 25.4 Å². The zero-order valence-electron chi connectivity index (χ0n) is 13.6. The normalized spacial score (nSPS) is 22.0. The lowest BCUT2D eigenvalue weighted by atomic mass is 10.0. The number of allylic oxidation sites excluding steroid dienone is 2. The SMILES string of the molecule is O=C(O)C1=C/C(=C/C2CC2)NC(=O)C1NS(=O)(=O)Cc1ccc(Cl)cc1. The molecule has 3 rings (SSSR count). The monoisotopic (exact) mass is 396 g/mol. The summed E-state index contributed by atoms with van der Waals surface area (Å²) < 4.78 is 26.9. The number of carboxylic acids is 1. The van der Waals surface area contributed by atoms with Crippen LogP contribution in [0.15, 0.2) is 47.7 Å². The van der Waals surface area contributed by atoms with Crippen molar-refractivity contribution in [3.63, 3.8) is 0 Å². The first-order valence-electron chi connectivity index (χ1n) is 7.95. The third kappa shape index (κ3) is 4.72. The lowest BCUT2D eigenvalue weighted by molar-refractivity contribution is -0.134. The van der Waals surface area contributed by atoms with Crippen molar-refractivity contribution in [2.24, 2.45) is 5.92 Å². The Labute approximate surface area is 155 Å². The van der Waals surface area contributed by atoms with Crippen LogP contribution in [0.1, 0.15) is 18.4 Å². The predicted molar refractivity (Wildman–Crippen MR) is 95.7 cm³/mol. The number of carbonyl (C=O) groups is 2. The Hall–Kier alpha value is -2.16. The molecule has 0 radical (unpaired) electrons. The third-order valence-corrected chi connectivity index (χ3v) is 5.56. The Bertz CT molecular complexity index is 902. The van der Waals surface area contributed by atoms with Crippen LogP contribution < -0.4 is 10.0 Å². The second-order valence-electron chi connectivity index (χ2n) is 6.29. The maximum atomic E-state index is 12.4. The van der Waals surface area contributed by atoms with E-state index in [0.29, 0.717) is 22.2 Å². The third-order valence-electron chi connectivity index (χ3n) is 4.00. The Kier molecular flexibility index (Phi) is 5.17. The van der Waals surface area contributed by atoms with Gasteiger partial charge in [-0.05, 0) is 42.5 Å². The molecule has 1 aliphatic heterocycles. The molecular weight excluding hydrogens is 380 g/mol. The van der Waals surface area contributed by atoms with Gasteiger partial charge in [0.15, 0.2) is 0 Å². The number of nitrogens with one attached hydrogen (secondary N) is 2. The van der Waals surface area contributed by atoms with Crippen molar-refractivity contribution in [2.45, 2.75) is 24.6 Å². The minimum absolute atomic E-state index is 0.305. The fourth-order valence-electron chi connectivity index (χ4n) is 2.57. The van der Waals surface area contributed by atoms with Gasteiger partial charge in [-0.2, -0.15) is 4.72 Å². The van der Waals surface area contributed by atoms with E-state index in [2.05, 4.69) is 10.0 Å². The summed E-state index contributed by atoms with van der Waals surface area (Å²) in [5, 5.41) is 12.4. The molecule has 1 unspecified atom stereocenters. The van der Waals surface area contributed by atoms with E-state index in [4.69, 9.17) is 11.6 Å². The van der Waals surface area contributed by atoms with E-state index in [1.807, 2.05) is 0 Å². The lowest BCUT2D eigenvalue weighted by Crippen LogP contribution is -2.51. The van der Waals surface area contributed by atoms with Crippen LogP contribution in [-0.4, -0.2) is 31.4 Å². The molecular formula is C17H17ClN2O5S. The van der Waals surface area contributed by atoms with Gasteiger partial charge in [0.2, 0.25) is 15.9 Å². The van der Waals surface area contributed by atoms with Crippen LogP contribution in [0.4, 0.5) is 0 Å². The highest BCUT2D eigenvalue weighted by molar-refractivity contribution is 7.88.